The number of amides is 1. The highest BCUT2D eigenvalue weighted by Crippen LogP contribution is 2.28. The molecule has 1 saturated heterocycles. The summed E-state index contributed by atoms with van der Waals surface area (Å²) < 4.78 is 9.07. The average Bonchev–Trinajstić information content (AvgIpc) is 3.27. The molecule has 0 aliphatic carbocycles. The van der Waals surface area contributed by atoms with Crippen molar-refractivity contribution in [3.63, 3.8) is 0 Å². The Balaban J connectivity index is 1.50. The number of halogens is 1. The van der Waals surface area contributed by atoms with Gasteiger partial charge in [-0.05, 0) is 46.5 Å². The third kappa shape index (κ3) is 3.69. The summed E-state index contributed by atoms with van der Waals surface area (Å²) in [6.07, 6.45) is 1.53. The van der Waals surface area contributed by atoms with Crippen LogP contribution in [0.1, 0.15) is 40.7 Å². The second-order valence-electron chi connectivity index (χ2n) is 7.01. The number of nitrogens with zero attached hydrogens (tertiary/aromatic N) is 4. The maximum atomic E-state index is 12.6. The van der Waals surface area contributed by atoms with E-state index < -0.39 is 0 Å². The normalized spacial score (nSPS) is 15.1. The van der Waals surface area contributed by atoms with E-state index in [0.29, 0.717) is 30.1 Å². The van der Waals surface area contributed by atoms with Gasteiger partial charge in [0.05, 0.1) is 6.54 Å². The van der Waals surface area contributed by atoms with Gasteiger partial charge >= 0.3 is 5.69 Å². The molecule has 0 N–H and O–H groups in total. The molecule has 8 heteroatoms. The van der Waals surface area contributed by atoms with Crippen molar-refractivity contribution in [1.29, 1.82) is 0 Å². The van der Waals surface area contributed by atoms with E-state index in [1.807, 2.05) is 30.3 Å². The van der Waals surface area contributed by atoms with Crippen molar-refractivity contribution in [3.05, 3.63) is 74.8 Å². The number of aryl methyl sites for hydroxylation is 1. The van der Waals surface area contributed by atoms with Gasteiger partial charge in [-0.15, -0.1) is 0 Å². The van der Waals surface area contributed by atoms with Gasteiger partial charge in [-0.3, -0.25) is 9.36 Å². The number of hydrogen-bond donors (Lipinski definition) is 0. The van der Waals surface area contributed by atoms with E-state index in [1.54, 1.807) is 28.6 Å². The summed E-state index contributed by atoms with van der Waals surface area (Å²) >= 11 is 3.23. The number of rotatable bonds is 4. The van der Waals surface area contributed by atoms with Crippen LogP contribution >= 0.6 is 15.9 Å². The van der Waals surface area contributed by atoms with Crippen LogP contribution in [0.2, 0.25) is 0 Å². The zero-order valence-electron chi connectivity index (χ0n) is 15.5. The molecule has 0 saturated carbocycles. The Bertz CT molecular complexity index is 1030. The van der Waals surface area contributed by atoms with Crippen LogP contribution in [0.5, 0.6) is 0 Å². The number of benzene rings is 1. The first-order chi connectivity index (χ1) is 13.5. The molecule has 1 aromatic carbocycles. The van der Waals surface area contributed by atoms with Crippen LogP contribution in [0.4, 0.5) is 0 Å². The fourth-order valence-electron chi connectivity index (χ4n) is 3.67. The van der Waals surface area contributed by atoms with Gasteiger partial charge in [-0.1, -0.05) is 30.3 Å². The van der Waals surface area contributed by atoms with Crippen molar-refractivity contribution < 1.29 is 9.21 Å². The van der Waals surface area contributed by atoms with E-state index in [1.165, 1.54) is 4.68 Å². The van der Waals surface area contributed by atoms with Gasteiger partial charge in [-0.2, -0.15) is 5.10 Å². The minimum Gasteiger partial charge on any atom is -0.444 e. The SMILES string of the molecule is Cn1nc(C2CCN(C(=O)c3ccc(Br)o3)CC2)n(Cc2ccccc2)c1=O. The summed E-state index contributed by atoms with van der Waals surface area (Å²) in [5.41, 5.74) is 0.952. The highest BCUT2D eigenvalue weighted by atomic mass is 79.9. The summed E-state index contributed by atoms with van der Waals surface area (Å²) in [4.78, 5) is 26.9. The fourth-order valence-corrected chi connectivity index (χ4v) is 3.97. The number of carbonyl (C=O) groups excluding carboxylic acids is 1. The van der Waals surface area contributed by atoms with Crippen molar-refractivity contribution in [2.75, 3.05) is 13.1 Å². The van der Waals surface area contributed by atoms with Crippen molar-refractivity contribution in [2.45, 2.75) is 25.3 Å². The smallest absolute Gasteiger partial charge is 0.345 e. The Labute approximate surface area is 170 Å². The minimum absolute atomic E-state index is 0.105. The van der Waals surface area contributed by atoms with Gasteiger partial charge in [-0.25, -0.2) is 9.48 Å². The maximum Gasteiger partial charge on any atom is 0.345 e. The first-order valence-corrected chi connectivity index (χ1v) is 10.0. The van der Waals surface area contributed by atoms with Gasteiger partial charge in [0.2, 0.25) is 0 Å². The van der Waals surface area contributed by atoms with Crippen molar-refractivity contribution >= 4 is 21.8 Å². The van der Waals surface area contributed by atoms with Gasteiger partial charge in [0.15, 0.2) is 10.4 Å². The number of furan rings is 1. The van der Waals surface area contributed by atoms with Crippen molar-refractivity contribution in [2.24, 2.45) is 7.05 Å². The van der Waals surface area contributed by atoms with Gasteiger partial charge in [0, 0.05) is 26.1 Å². The molecule has 28 heavy (non-hydrogen) atoms. The first-order valence-electron chi connectivity index (χ1n) is 9.25. The third-order valence-corrected chi connectivity index (χ3v) is 5.58. The number of likely N-dealkylation sites (tertiary alicyclic amines) is 1. The summed E-state index contributed by atoms with van der Waals surface area (Å²) in [6.45, 7) is 1.72. The van der Waals surface area contributed by atoms with Crippen molar-refractivity contribution in [3.8, 4) is 0 Å². The lowest BCUT2D eigenvalue weighted by Crippen LogP contribution is -2.38. The minimum atomic E-state index is -0.113. The molecule has 7 nitrogen and oxygen atoms in total. The van der Waals surface area contributed by atoms with Crippen molar-refractivity contribution in [1.82, 2.24) is 19.2 Å². The number of carbonyl (C=O) groups is 1. The molecule has 3 aromatic rings. The summed E-state index contributed by atoms with van der Waals surface area (Å²) in [7, 11) is 1.68. The molecule has 3 heterocycles. The van der Waals surface area contributed by atoms with E-state index in [2.05, 4.69) is 21.0 Å². The Morgan fingerprint density at radius 1 is 1.18 bits per heavy atom. The summed E-state index contributed by atoms with van der Waals surface area (Å²) in [5.74, 6) is 1.17. The third-order valence-electron chi connectivity index (χ3n) is 5.15. The Kier molecular flexibility index (Phi) is 5.21. The maximum absolute atomic E-state index is 12.6. The molecule has 2 aromatic heterocycles. The molecule has 0 radical (unpaired) electrons. The number of piperidine rings is 1. The second kappa shape index (κ2) is 7.79. The summed E-state index contributed by atoms with van der Waals surface area (Å²) in [5, 5.41) is 4.50. The number of aromatic nitrogens is 3. The van der Waals surface area contributed by atoms with Crippen LogP contribution in [-0.4, -0.2) is 38.2 Å². The molecule has 1 aliphatic rings. The molecule has 0 spiro atoms. The predicted octanol–water partition coefficient (Wildman–Crippen LogP) is 3.01. The van der Waals surface area contributed by atoms with E-state index in [0.717, 1.165) is 24.2 Å². The molecule has 0 bridgehead atoms. The molecular formula is C20H21BrN4O3. The topological polar surface area (TPSA) is 73.3 Å². The lowest BCUT2D eigenvalue weighted by molar-refractivity contribution is 0.0676. The molecule has 4 rings (SSSR count). The van der Waals surface area contributed by atoms with E-state index in [-0.39, 0.29) is 17.5 Å². The molecule has 0 atom stereocenters. The largest absolute Gasteiger partial charge is 0.444 e. The second-order valence-corrected chi connectivity index (χ2v) is 7.79. The summed E-state index contributed by atoms with van der Waals surface area (Å²) in [6, 6.07) is 13.3. The fraction of sp³-hybridized carbons (Fsp3) is 0.350. The standard InChI is InChI=1S/C20H21BrN4O3/c1-23-20(27)25(13-14-5-3-2-4-6-14)18(22-23)15-9-11-24(12-10-15)19(26)16-7-8-17(21)28-16/h2-8,15H,9-13H2,1H3. The Morgan fingerprint density at radius 3 is 2.54 bits per heavy atom. The van der Waals surface area contributed by atoms with E-state index in [4.69, 9.17) is 4.42 Å². The highest BCUT2D eigenvalue weighted by molar-refractivity contribution is 9.10. The quantitative estimate of drug-likeness (QED) is 0.619. The Hall–Kier alpha value is -2.61. The van der Waals surface area contributed by atoms with Crippen LogP contribution in [0, 0.1) is 0 Å². The Morgan fingerprint density at radius 2 is 1.89 bits per heavy atom. The van der Waals surface area contributed by atoms with Gasteiger partial charge in [0.25, 0.3) is 5.91 Å². The molecule has 1 amide bonds. The van der Waals surface area contributed by atoms with E-state index >= 15 is 0 Å². The molecule has 1 fully saturated rings. The lowest BCUT2D eigenvalue weighted by atomic mass is 9.95. The lowest BCUT2D eigenvalue weighted by Gasteiger charge is -2.31. The van der Waals surface area contributed by atoms with Crippen LogP contribution in [-0.2, 0) is 13.6 Å². The van der Waals surface area contributed by atoms with Crippen LogP contribution < -0.4 is 5.69 Å². The van der Waals surface area contributed by atoms with Gasteiger partial charge in [0.1, 0.15) is 5.82 Å². The van der Waals surface area contributed by atoms with Crippen LogP contribution in [0.15, 0.2) is 56.3 Å². The van der Waals surface area contributed by atoms with Crippen LogP contribution in [0.25, 0.3) is 0 Å². The average molecular weight is 445 g/mol. The predicted molar refractivity (Wildman–Crippen MR) is 107 cm³/mol. The molecule has 0 unspecified atom stereocenters. The molecule has 146 valence electrons. The van der Waals surface area contributed by atoms with Crippen LogP contribution in [0.3, 0.4) is 0 Å². The first kappa shape index (κ1) is 18.7. The zero-order valence-corrected chi connectivity index (χ0v) is 17.1. The van der Waals surface area contributed by atoms with E-state index in [9.17, 15) is 9.59 Å². The molecule has 1 aliphatic heterocycles. The highest BCUT2D eigenvalue weighted by Gasteiger charge is 2.29. The number of hydrogen-bond acceptors (Lipinski definition) is 4. The molecular weight excluding hydrogens is 424 g/mol. The monoisotopic (exact) mass is 444 g/mol. The zero-order chi connectivity index (χ0) is 19.7. The van der Waals surface area contributed by atoms with Gasteiger partial charge < -0.3 is 9.32 Å².